The van der Waals surface area contributed by atoms with Crippen molar-refractivity contribution in [3.63, 3.8) is 0 Å². The van der Waals surface area contributed by atoms with Gasteiger partial charge in [-0.2, -0.15) is 0 Å². The number of carbonyl (C=O) groups is 3. The minimum Gasteiger partial charge on any atom is -0.462 e. The number of benzene rings is 1. The zero-order valence-electron chi connectivity index (χ0n) is 45.3. The Morgan fingerprint density at radius 1 is 0.420 bits per heavy atom. The Labute approximate surface area is 426 Å². The number of unbranched alkanes of at least 4 members (excludes halogenated alkanes) is 30. The molecule has 0 aliphatic heterocycles. The molecule has 0 spiro atoms. The minimum atomic E-state index is -0.743. The van der Waals surface area contributed by atoms with Gasteiger partial charge in [0.05, 0.1) is 6.54 Å². The maximum Gasteiger partial charge on any atom is 0.306 e. The molecule has 6 heteroatoms. The molecular formula is C63H107NO5. The lowest BCUT2D eigenvalue weighted by Gasteiger charge is -2.28. The largest absolute Gasteiger partial charge is 0.462 e. The van der Waals surface area contributed by atoms with Crippen molar-refractivity contribution < 1.29 is 23.9 Å². The Morgan fingerprint density at radius 3 is 1.22 bits per heavy atom. The van der Waals surface area contributed by atoms with E-state index in [1.165, 1.54) is 141 Å². The number of amides is 1. The summed E-state index contributed by atoms with van der Waals surface area (Å²) in [5.74, 6) is -0.557. The number of esters is 2. The number of para-hydroxylation sites is 1. The fourth-order valence-corrected chi connectivity index (χ4v) is 8.69. The van der Waals surface area contributed by atoms with Crippen LogP contribution in [0, 0.1) is 0 Å². The van der Waals surface area contributed by atoms with Crippen molar-refractivity contribution in [2.45, 2.75) is 284 Å². The smallest absolute Gasteiger partial charge is 0.306 e. The first-order chi connectivity index (χ1) is 34.0. The highest BCUT2D eigenvalue weighted by Crippen LogP contribution is 2.20. The van der Waals surface area contributed by atoms with Gasteiger partial charge in [-0.25, -0.2) is 0 Å². The van der Waals surface area contributed by atoms with Crippen LogP contribution >= 0.6 is 0 Å². The minimum absolute atomic E-state index is 0.00795. The molecule has 394 valence electrons. The molecule has 0 heterocycles. The van der Waals surface area contributed by atoms with E-state index < -0.39 is 6.10 Å². The van der Waals surface area contributed by atoms with E-state index in [2.05, 4.69) is 69.4 Å². The number of nitrogens with zero attached hydrogens (tertiary/aromatic N) is 1. The predicted octanol–water partition coefficient (Wildman–Crippen LogP) is 19.4. The Bertz CT molecular complexity index is 1420. The van der Waals surface area contributed by atoms with Crippen molar-refractivity contribution in [3.05, 3.63) is 78.9 Å². The van der Waals surface area contributed by atoms with Gasteiger partial charge in [-0.05, 0) is 115 Å². The first kappa shape index (κ1) is 63.6. The monoisotopic (exact) mass is 958 g/mol. The lowest BCUT2D eigenvalue weighted by molar-refractivity contribution is -0.158. The molecular weight excluding hydrogens is 851 g/mol. The lowest BCUT2D eigenvalue weighted by atomic mass is 10.1. The fraction of sp³-hybridized carbons (Fsp3) is 0.730. The normalized spacial score (nSPS) is 12.3. The van der Waals surface area contributed by atoms with Gasteiger partial charge in [-0.15, -0.1) is 0 Å². The van der Waals surface area contributed by atoms with Gasteiger partial charge < -0.3 is 14.4 Å². The number of carbonyl (C=O) groups excluding carboxylic acids is 3. The summed E-state index contributed by atoms with van der Waals surface area (Å²) < 4.78 is 11.8. The van der Waals surface area contributed by atoms with E-state index in [9.17, 15) is 14.4 Å². The summed E-state index contributed by atoms with van der Waals surface area (Å²) >= 11 is 0. The number of allylic oxidation sites excluding steroid dienone is 8. The van der Waals surface area contributed by atoms with Crippen molar-refractivity contribution in [1.82, 2.24) is 0 Å². The SMILES string of the molecule is CCCCC/C=C\C/C=C\CCCCCCCC(=O)OCC(CN(C(=O)CCCCCCC/C=C\CCCCCCCC)c1ccccc1)OC(=O)CCCCCCC/C=C\CCCCCCCC. The molecule has 1 aromatic rings. The maximum atomic E-state index is 13.9. The van der Waals surface area contributed by atoms with Crippen LogP contribution in [0.5, 0.6) is 0 Å². The summed E-state index contributed by atoms with van der Waals surface area (Å²) in [4.78, 5) is 41.9. The van der Waals surface area contributed by atoms with Crippen LogP contribution in [0.3, 0.4) is 0 Å². The third-order valence-corrected chi connectivity index (χ3v) is 13.1. The van der Waals surface area contributed by atoms with E-state index in [0.29, 0.717) is 19.3 Å². The van der Waals surface area contributed by atoms with E-state index in [1.54, 1.807) is 4.90 Å². The molecule has 0 bridgehead atoms. The first-order valence-electron chi connectivity index (χ1n) is 29.3. The third-order valence-electron chi connectivity index (χ3n) is 13.1. The molecule has 1 atom stereocenters. The number of hydrogen-bond donors (Lipinski definition) is 0. The van der Waals surface area contributed by atoms with Crippen LogP contribution in [0.15, 0.2) is 78.9 Å². The van der Waals surface area contributed by atoms with Crippen LogP contribution < -0.4 is 4.90 Å². The predicted molar refractivity (Wildman–Crippen MR) is 298 cm³/mol. The quantitative estimate of drug-likeness (QED) is 0.0370. The molecule has 0 fully saturated rings. The Morgan fingerprint density at radius 2 is 0.768 bits per heavy atom. The highest BCUT2D eigenvalue weighted by Gasteiger charge is 2.25. The van der Waals surface area contributed by atoms with Crippen LogP contribution in [0.25, 0.3) is 0 Å². The van der Waals surface area contributed by atoms with Gasteiger partial charge >= 0.3 is 11.9 Å². The van der Waals surface area contributed by atoms with E-state index >= 15 is 0 Å². The van der Waals surface area contributed by atoms with Crippen molar-refractivity contribution in [2.24, 2.45) is 0 Å². The van der Waals surface area contributed by atoms with E-state index in [1.807, 2.05) is 30.3 Å². The van der Waals surface area contributed by atoms with E-state index in [4.69, 9.17) is 9.47 Å². The topological polar surface area (TPSA) is 72.9 Å². The highest BCUT2D eigenvalue weighted by molar-refractivity contribution is 5.93. The number of anilines is 1. The van der Waals surface area contributed by atoms with Gasteiger partial charge in [0.25, 0.3) is 0 Å². The van der Waals surface area contributed by atoms with Crippen LogP contribution in [0.4, 0.5) is 5.69 Å². The van der Waals surface area contributed by atoms with Gasteiger partial charge in [0.2, 0.25) is 5.91 Å². The van der Waals surface area contributed by atoms with Crippen molar-refractivity contribution in [1.29, 1.82) is 0 Å². The second-order valence-corrected chi connectivity index (χ2v) is 19.8. The fourth-order valence-electron chi connectivity index (χ4n) is 8.69. The van der Waals surface area contributed by atoms with Gasteiger partial charge in [-0.3, -0.25) is 14.4 Å². The van der Waals surface area contributed by atoms with Crippen LogP contribution in [0.2, 0.25) is 0 Å². The summed E-state index contributed by atoms with van der Waals surface area (Å²) in [6, 6.07) is 9.65. The third kappa shape index (κ3) is 43.1. The number of ether oxygens (including phenoxy) is 2. The molecule has 6 nitrogen and oxygen atoms in total. The Hall–Kier alpha value is -3.41. The average molecular weight is 959 g/mol. The van der Waals surface area contributed by atoms with Crippen LogP contribution in [-0.2, 0) is 23.9 Å². The summed E-state index contributed by atoms with van der Waals surface area (Å²) in [6.45, 7) is 6.88. The summed E-state index contributed by atoms with van der Waals surface area (Å²) in [6.07, 6.45) is 62.5. The molecule has 0 aliphatic carbocycles. The molecule has 1 amide bonds. The summed E-state index contributed by atoms with van der Waals surface area (Å²) in [5, 5.41) is 0. The maximum absolute atomic E-state index is 13.9. The highest BCUT2D eigenvalue weighted by atomic mass is 16.6. The zero-order chi connectivity index (χ0) is 49.8. The second kappa shape index (κ2) is 51.0. The Kier molecular flexibility index (Phi) is 47.0. The van der Waals surface area contributed by atoms with E-state index in [0.717, 1.165) is 102 Å². The van der Waals surface area contributed by atoms with Gasteiger partial charge in [0.1, 0.15) is 6.61 Å². The molecule has 0 saturated heterocycles. The molecule has 0 aliphatic rings. The molecule has 69 heavy (non-hydrogen) atoms. The van der Waals surface area contributed by atoms with Gasteiger partial charge in [-0.1, -0.05) is 222 Å². The van der Waals surface area contributed by atoms with Crippen molar-refractivity contribution >= 4 is 23.5 Å². The molecule has 0 saturated carbocycles. The van der Waals surface area contributed by atoms with Crippen molar-refractivity contribution in [2.75, 3.05) is 18.1 Å². The Balaban J connectivity index is 2.61. The number of rotatable bonds is 50. The summed E-state index contributed by atoms with van der Waals surface area (Å²) in [7, 11) is 0. The van der Waals surface area contributed by atoms with Crippen LogP contribution in [0.1, 0.15) is 278 Å². The molecule has 0 aromatic heterocycles. The van der Waals surface area contributed by atoms with Crippen molar-refractivity contribution in [3.8, 4) is 0 Å². The second-order valence-electron chi connectivity index (χ2n) is 19.8. The molecule has 0 N–H and O–H groups in total. The van der Waals surface area contributed by atoms with Crippen LogP contribution in [-0.4, -0.2) is 37.1 Å². The lowest BCUT2D eigenvalue weighted by Crippen LogP contribution is -2.41. The average Bonchev–Trinajstić information content (AvgIpc) is 3.36. The molecule has 1 rings (SSSR count). The van der Waals surface area contributed by atoms with Gasteiger partial charge in [0.15, 0.2) is 6.10 Å². The standard InChI is InChI=1S/C63H107NO5/c1-4-7-10-13-16-19-22-25-28-31-34-37-40-43-49-54-61(65)64(59-52-47-46-48-53-59)57-60(69-63(67)56-51-45-42-39-36-33-30-27-24-21-18-15-12-9-6-3)58-68-62(66)55-50-44-41-38-35-32-29-26-23-20-17-14-11-8-5-2/h17,20,25-30,46-48,52-53,60H,4-16,18-19,21-24,31-45,49-51,54-58H2,1-3H3/b20-17-,28-25-,29-26-,30-27-. The molecule has 1 aromatic carbocycles. The molecule has 0 radical (unpaired) electrons. The van der Waals surface area contributed by atoms with Gasteiger partial charge in [0, 0.05) is 24.9 Å². The summed E-state index contributed by atoms with van der Waals surface area (Å²) in [5.41, 5.74) is 0.769. The zero-order valence-corrected chi connectivity index (χ0v) is 45.3. The first-order valence-corrected chi connectivity index (χ1v) is 29.3. The number of hydrogen-bond acceptors (Lipinski definition) is 5. The van der Waals surface area contributed by atoms with E-state index in [-0.39, 0.29) is 31.0 Å². The molecule has 1 unspecified atom stereocenters.